The standard InChI is InChI=1S/C12H25NO3S/c1-3-17(15,16)9-10(2)13-8-11-6-4-5-7-12(11)14/h10-14H,3-9H2,1-2H3. The molecule has 0 saturated heterocycles. The van der Waals surface area contributed by atoms with Gasteiger partial charge in [0.05, 0.1) is 11.9 Å². The van der Waals surface area contributed by atoms with E-state index in [0.717, 1.165) is 25.8 Å². The van der Waals surface area contributed by atoms with E-state index >= 15 is 0 Å². The molecule has 1 saturated carbocycles. The number of sulfone groups is 1. The van der Waals surface area contributed by atoms with Gasteiger partial charge in [0.25, 0.3) is 0 Å². The van der Waals surface area contributed by atoms with E-state index in [0.29, 0.717) is 0 Å². The third-order valence-corrected chi connectivity index (χ3v) is 5.43. The normalized spacial score (nSPS) is 27.9. The highest BCUT2D eigenvalue weighted by molar-refractivity contribution is 7.91. The van der Waals surface area contributed by atoms with Crippen LogP contribution in [0.5, 0.6) is 0 Å². The van der Waals surface area contributed by atoms with Crippen molar-refractivity contribution in [2.45, 2.75) is 51.7 Å². The number of rotatable bonds is 6. The molecule has 0 aromatic carbocycles. The topological polar surface area (TPSA) is 66.4 Å². The smallest absolute Gasteiger partial charge is 0.151 e. The van der Waals surface area contributed by atoms with Gasteiger partial charge in [0, 0.05) is 18.3 Å². The molecule has 0 aromatic heterocycles. The van der Waals surface area contributed by atoms with Crippen LogP contribution in [0.1, 0.15) is 39.5 Å². The Balaban J connectivity index is 2.30. The van der Waals surface area contributed by atoms with Crippen molar-refractivity contribution in [3.05, 3.63) is 0 Å². The zero-order chi connectivity index (χ0) is 12.9. The highest BCUT2D eigenvalue weighted by atomic mass is 32.2. The van der Waals surface area contributed by atoms with E-state index < -0.39 is 9.84 Å². The Morgan fingerprint density at radius 3 is 2.59 bits per heavy atom. The Bertz CT molecular complexity index is 316. The van der Waals surface area contributed by atoms with E-state index in [9.17, 15) is 13.5 Å². The Morgan fingerprint density at radius 2 is 2.00 bits per heavy atom. The van der Waals surface area contributed by atoms with Crippen molar-refractivity contribution < 1.29 is 13.5 Å². The SMILES string of the molecule is CCS(=O)(=O)CC(C)NCC1CCCCC1O. The van der Waals surface area contributed by atoms with E-state index in [2.05, 4.69) is 5.32 Å². The predicted octanol–water partition coefficient (Wildman–Crippen LogP) is 0.950. The number of hydrogen-bond donors (Lipinski definition) is 2. The number of hydrogen-bond acceptors (Lipinski definition) is 4. The Morgan fingerprint density at radius 1 is 1.35 bits per heavy atom. The van der Waals surface area contributed by atoms with Crippen LogP contribution >= 0.6 is 0 Å². The maximum absolute atomic E-state index is 11.4. The van der Waals surface area contributed by atoms with E-state index in [1.807, 2.05) is 6.92 Å². The minimum atomic E-state index is -2.91. The summed E-state index contributed by atoms with van der Waals surface area (Å²) in [6.07, 6.45) is 3.99. The summed E-state index contributed by atoms with van der Waals surface area (Å²) in [5.41, 5.74) is 0. The maximum Gasteiger partial charge on any atom is 0.151 e. The lowest BCUT2D eigenvalue weighted by molar-refractivity contribution is 0.0687. The second kappa shape index (κ2) is 6.71. The van der Waals surface area contributed by atoms with Gasteiger partial charge in [-0.1, -0.05) is 19.8 Å². The second-order valence-electron chi connectivity index (χ2n) is 5.12. The number of aliphatic hydroxyl groups excluding tert-OH is 1. The molecule has 1 rings (SSSR count). The lowest BCUT2D eigenvalue weighted by Crippen LogP contribution is -2.40. The van der Waals surface area contributed by atoms with E-state index in [4.69, 9.17) is 0 Å². The summed E-state index contributed by atoms with van der Waals surface area (Å²) in [5.74, 6) is 0.674. The lowest BCUT2D eigenvalue weighted by atomic mass is 9.86. The van der Waals surface area contributed by atoms with Gasteiger partial charge in [-0.2, -0.15) is 0 Å². The zero-order valence-electron chi connectivity index (χ0n) is 10.9. The monoisotopic (exact) mass is 263 g/mol. The molecule has 0 spiro atoms. The van der Waals surface area contributed by atoms with E-state index in [-0.39, 0.29) is 29.6 Å². The van der Waals surface area contributed by atoms with Crippen molar-refractivity contribution in [1.29, 1.82) is 0 Å². The maximum atomic E-state index is 11.4. The Kier molecular flexibility index (Phi) is 5.89. The Hall–Kier alpha value is -0.130. The molecule has 2 N–H and O–H groups in total. The summed E-state index contributed by atoms with van der Waals surface area (Å²) in [6.45, 7) is 4.29. The summed E-state index contributed by atoms with van der Waals surface area (Å²) < 4.78 is 22.9. The van der Waals surface area contributed by atoms with Crippen molar-refractivity contribution >= 4 is 9.84 Å². The third-order valence-electron chi connectivity index (χ3n) is 3.54. The van der Waals surface area contributed by atoms with Crippen molar-refractivity contribution in [3.63, 3.8) is 0 Å². The van der Waals surface area contributed by atoms with Crippen LogP contribution in [-0.2, 0) is 9.84 Å². The molecule has 0 heterocycles. The van der Waals surface area contributed by atoms with Gasteiger partial charge in [-0.15, -0.1) is 0 Å². The average molecular weight is 263 g/mol. The summed E-state index contributed by atoms with van der Waals surface area (Å²) in [4.78, 5) is 0. The third kappa shape index (κ3) is 5.36. The minimum absolute atomic E-state index is 0.0333. The molecule has 0 aromatic rings. The molecule has 0 bridgehead atoms. The first-order valence-electron chi connectivity index (χ1n) is 6.56. The van der Waals surface area contributed by atoms with Crippen molar-refractivity contribution in [1.82, 2.24) is 5.32 Å². The minimum Gasteiger partial charge on any atom is -0.393 e. The van der Waals surface area contributed by atoms with Crippen LogP contribution < -0.4 is 5.32 Å². The predicted molar refractivity (Wildman–Crippen MR) is 69.8 cm³/mol. The first-order chi connectivity index (χ1) is 7.94. The van der Waals surface area contributed by atoms with Gasteiger partial charge >= 0.3 is 0 Å². The van der Waals surface area contributed by atoms with Crippen molar-refractivity contribution in [2.24, 2.45) is 5.92 Å². The molecule has 0 amide bonds. The van der Waals surface area contributed by atoms with Crippen LogP contribution in [0, 0.1) is 5.92 Å². The van der Waals surface area contributed by atoms with Crippen LogP contribution in [0.15, 0.2) is 0 Å². The molecule has 1 fully saturated rings. The molecule has 3 atom stereocenters. The van der Waals surface area contributed by atoms with E-state index in [1.165, 1.54) is 6.42 Å². The van der Waals surface area contributed by atoms with Crippen molar-refractivity contribution in [3.8, 4) is 0 Å². The quantitative estimate of drug-likeness (QED) is 0.749. The summed E-state index contributed by atoms with van der Waals surface area (Å²) in [7, 11) is -2.91. The van der Waals surface area contributed by atoms with Gasteiger partial charge in [-0.25, -0.2) is 8.42 Å². The van der Waals surface area contributed by atoms with Crippen LogP contribution in [0.4, 0.5) is 0 Å². The molecular formula is C12H25NO3S. The molecule has 0 aliphatic heterocycles. The fourth-order valence-electron chi connectivity index (χ4n) is 2.34. The van der Waals surface area contributed by atoms with Gasteiger partial charge in [-0.3, -0.25) is 0 Å². The summed E-state index contributed by atoms with van der Waals surface area (Å²) in [6, 6.07) is -0.0333. The highest BCUT2D eigenvalue weighted by Gasteiger charge is 2.23. The highest BCUT2D eigenvalue weighted by Crippen LogP contribution is 2.23. The molecule has 4 nitrogen and oxygen atoms in total. The second-order valence-corrected chi connectivity index (χ2v) is 7.52. The molecule has 1 aliphatic rings. The first kappa shape index (κ1) is 14.9. The van der Waals surface area contributed by atoms with E-state index in [1.54, 1.807) is 6.92 Å². The first-order valence-corrected chi connectivity index (χ1v) is 8.38. The molecule has 0 radical (unpaired) electrons. The molecular weight excluding hydrogens is 238 g/mol. The molecule has 102 valence electrons. The van der Waals surface area contributed by atoms with Crippen LogP contribution in [-0.4, -0.2) is 43.7 Å². The molecule has 17 heavy (non-hydrogen) atoms. The molecule has 3 unspecified atom stereocenters. The van der Waals surface area contributed by atoms with Gasteiger partial charge in [0.1, 0.15) is 0 Å². The van der Waals surface area contributed by atoms with Gasteiger partial charge in [0.2, 0.25) is 0 Å². The van der Waals surface area contributed by atoms with Gasteiger partial charge in [0.15, 0.2) is 9.84 Å². The fraction of sp³-hybridized carbons (Fsp3) is 1.00. The summed E-state index contributed by atoms with van der Waals surface area (Å²) in [5, 5.41) is 13.0. The van der Waals surface area contributed by atoms with Gasteiger partial charge < -0.3 is 10.4 Å². The zero-order valence-corrected chi connectivity index (χ0v) is 11.7. The summed E-state index contributed by atoms with van der Waals surface area (Å²) >= 11 is 0. The number of aliphatic hydroxyl groups is 1. The molecule has 5 heteroatoms. The largest absolute Gasteiger partial charge is 0.393 e. The van der Waals surface area contributed by atoms with Crippen LogP contribution in [0.25, 0.3) is 0 Å². The fourth-order valence-corrected chi connectivity index (χ4v) is 3.45. The Labute approximate surface area is 105 Å². The van der Waals surface area contributed by atoms with Crippen LogP contribution in [0.3, 0.4) is 0 Å². The number of nitrogens with one attached hydrogen (secondary N) is 1. The lowest BCUT2D eigenvalue weighted by Gasteiger charge is -2.28. The molecule has 1 aliphatic carbocycles. The van der Waals surface area contributed by atoms with Gasteiger partial charge in [-0.05, 0) is 25.7 Å². The van der Waals surface area contributed by atoms with Crippen LogP contribution in [0.2, 0.25) is 0 Å². The van der Waals surface area contributed by atoms with Crippen molar-refractivity contribution in [2.75, 3.05) is 18.1 Å². The average Bonchev–Trinajstić information content (AvgIpc) is 2.27.